The van der Waals surface area contributed by atoms with Gasteiger partial charge in [-0.15, -0.1) is 11.8 Å². The fraction of sp³-hybridized carbons (Fsp3) is 0.444. The molecule has 0 radical (unpaired) electrons. The van der Waals surface area contributed by atoms with Crippen molar-refractivity contribution < 1.29 is 0 Å². The molecule has 0 saturated carbocycles. The average molecular weight is 240 g/mol. The first-order valence-corrected chi connectivity index (χ1v) is 6.79. The van der Waals surface area contributed by atoms with Gasteiger partial charge in [-0.05, 0) is 11.5 Å². The molecule has 2 rings (SSSR count). The summed E-state index contributed by atoms with van der Waals surface area (Å²) >= 11 is 3.38. The first-order valence-electron chi connectivity index (χ1n) is 4.81. The van der Waals surface area contributed by atoms with Gasteiger partial charge in [0, 0.05) is 0 Å². The molecule has 80 valence electrons. The zero-order chi connectivity index (χ0) is 10.7. The number of aromatic nitrogens is 4. The first kappa shape index (κ1) is 10.8. The zero-order valence-electron chi connectivity index (χ0n) is 8.65. The van der Waals surface area contributed by atoms with E-state index in [4.69, 9.17) is 0 Å². The minimum Gasteiger partial charge on any atom is -0.261 e. The molecule has 0 aliphatic heterocycles. The molecule has 0 fully saturated rings. The molecule has 0 aliphatic rings. The van der Waals surface area contributed by atoms with Crippen LogP contribution in [0.25, 0.3) is 11.0 Å². The van der Waals surface area contributed by atoms with Crippen LogP contribution in [0.4, 0.5) is 0 Å². The lowest BCUT2D eigenvalue weighted by molar-refractivity contribution is 0.922. The van der Waals surface area contributed by atoms with Gasteiger partial charge in [-0.1, -0.05) is 25.6 Å². The number of thioether (sulfide) groups is 2. The van der Waals surface area contributed by atoms with Crippen LogP contribution in [0.1, 0.15) is 13.8 Å². The second-order valence-electron chi connectivity index (χ2n) is 2.81. The number of H-pyrrole nitrogens is 1. The Morgan fingerprint density at radius 2 is 2.00 bits per heavy atom. The maximum atomic E-state index is 4.51. The number of nitrogens with one attached hydrogen (secondary N) is 1. The number of rotatable bonds is 4. The number of hydrogen-bond donors (Lipinski definition) is 1. The Bertz CT molecular complexity index is 454. The highest BCUT2D eigenvalue weighted by molar-refractivity contribution is 7.99. The fourth-order valence-electron chi connectivity index (χ4n) is 1.23. The molecule has 0 unspecified atom stereocenters. The van der Waals surface area contributed by atoms with Crippen molar-refractivity contribution in [2.45, 2.75) is 24.0 Å². The summed E-state index contributed by atoms with van der Waals surface area (Å²) in [5, 5.41) is 9.75. The molecule has 2 heterocycles. The minimum absolute atomic E-state index is 0.824. The van der Waals surface area contributed by atoms with Crippen LogP contribution in [0.2, 0.25) is 0 Å². The second kappa shape index (κ2) is 4.85. The fourth-order valence-corrected chi connectivity index (χ4v) is 2.59. The third kappa shape index (κ3) is 2.26. The van der Waals surface area contributed by atoms with Gasteiger partial charge in [0.2, 0.25) is 0 Å². The average Bonchev–Trinajstić information content (AvgIpc) is 2.67. The third-order valence-corrected chi connectivity index (χ3v) is 3.41. The van der Waals surface area contributed by atoms with Gasteiger partial charge in [-0.2, -0.15) is 5.10 Å². The van der Waals surface area contributed by atoms with Crippen LogP contribution in [0.5, 0.6) is 0 Å². The molecular weight excluding hydrogens is 228 g/mol. The maximum Gasteiger partial charge on any atom is 0.190 e. The van der Waals surface area contributed by atoms with E-state index in [-0.39, 0.29) is 0 Å². The van der Waals surface area contributed by atoms with Crippen molar-refractivity contribution in [3.63, 3.8) is 0 Å². The first-order chi connectivity index (χ1) is 7.35. The smallest absolute Gasteiger partial charge is 0.190 e. The van der Waals surface area contributed by atoms with Crippen LogP contribution in [0, 0.1) is 0 Å². The number of hydrogen-bond acceptors (Lipinski definition) is 5. The highest BCUT2D eigenvalue weighted by Gasteiger charge is 2.08. The van der Waals surface area contributed by atoms with Crippen LogP contribution in [0.15, 0.2) is 16.4 Å². The molecule has 1 N–H and O–H groups in total. The lowest BCUT2D eigenvalue weighted by Gasteiger charge is -2.02. The van der Waals surface area contributed by atoms with Crippen molar-refractivity contribution in [2.75, 3.05) is 11.5 Å². The summed E-state index contributed by atoms with van der Waals surface area (Å²) in [5.41, 5.74) is 0.830. The van der Waals surface area contributed by atoms with E-state index >= 15 is 0 Å². The Labute approximate surface area is 96.7 Å². The van der Waals surface area contributed by atoms with E-state index < -0.39 is 0 Å². The molecule has 0 saturated heterocycles. The van der Waals surface area contributed by atoms with Crippen molar-refractivity contribution in [2.24, 2.45) is 0 Å². The molecule has 0 bridgehead atoms. The van der Waals surface area contributed by atoms with Gasteiger partial charge in [-0.25, -0.2) is 9.97 Å². The Morgan fingerprint density at radius 3 is 2.73 bits per heavy atom. The molecule has 0 atom stereocenters. The van der Waals surface area contributed by atoms with Crippen LogP contribution in [-0.4, -0.2) is 31.7 Å². The second-order valence-corrected chi connectivity index (χ2v) is 5.29. The van der Waals surface area contributed by atoms with Gasteiger partial charge in [0.25, 0.3) is 0 Å². The van der Waals surface area contributed by atoms with Gasteiger partial charge < -0.3 is 0 Å². The van der Waals surface area contributed by atoms with Gasteiger partial charge >= 0.3 is 0 Å². The third-order valence-electron chi connectivity index (χ3n) is 1.81. The predicted octanol–water partition coefficient (Wildman–Crippen LogP) is 2.58. The van der Waals surface area contributed by atoms with E-state index in [1.807, 2.05) is 0 Å². The molecule has 0 aliphatic carbocycles. The molecule has 2 aromatic heterocycles. The summed E-state index contributed by atoms with van der Waals surface area (Å²) in [6, 6.07) is 0. The minimum atomic E-state index is 0.824. The lowest BCUT2D eigenvalue weighted by Crippen LogP contribution is -1.91. The normalized spacial score (nSPS) is 11.1. The van der Waals surface area contributed by atoms with Crippen LogP contribution >= 0.6 is 23.5 Å². The highest BCUT2D eigenvalue weighted by Crippen LogP contribution is 2.26. The summed E-state index contributed by atoms with van der Waals surface area (Å²) in [7, 11) is 0. The number of nitrogens with zero attached hydrogens (tertiary/aromatic N) is 3. The topological polar surface area (TPSA) is 54.5 Å². The van der Waals surface area contributed by atoms with Crippen molar-refractivity contribution in [3.05, 3.63) is 6.20 Å². The van der Waals surface area contributed by atoms with E-state index in [0.717, 1.165) is 32.7 Å². The number of fused-ring (bicyclic) bond motifs is 1. The standard InChI is InChI=1S/C9H12N4S2/c1-3-14-8-6-5-10-13-7(6)11-9(12-8)15-4-2/h5H,3-4H2,1-2H3,(H,10,11,12,13). The Kier molecular flexibility index (Phi) is 3.48. The van der Waals surface area contributed by atoms with Crippen molar-refractivity contribution in [3.8, 4) is 0 Å². The molecule has 15 heavy (non-hydrogen) atoms. The van der Waals surface area contributed by atoms with Gasteiger partial charge in [-0.3, -0.25) is 5.10 Å². The monoisotopic (exact) mass is 240 g/mol. The molecule has 2 aromatic rings. The maximum absolute atomic E-state index is 4.51. The zero-order valence-corrected chi connectivity index (χ0v) is 10.3. The Morgan fingerprint density at radius 1 is 1.20 bits per heavy atom. The quantitative estimate of drug-likeness (QED) is 0.505. The summed E-state index contributed by atoms with van der Waals surface area (Å²) in [5.74, 6) is 1.99. The van der Waals surface area contributed by atoms with E-state index in [1.54, 1.807) is 29.7 Å². The van der Waals surface area contributed by atoms with E-state index in [1.165, 1.54) is 0 Å². The number of aromatic amines is 1. The molecule has 0 aromatic carbocycles. The van der Waals surface area contributed by atoms with Crippen LogP contribution in [-0.2, 0) is 0 Å². The lowest BCUT2D eigenvalue weighted by atomic mass is 10.4. The highest BCUT2D eigenvalue weighted by atomic mass is 32.2. The molecule has 0 spiro atoms. The molecular formula is C9H12N4S2. The van der Waals surface area contributed by atoms with Crippen molar-refractivity contribution in [1.29, 1.82) is 0 Å². The van der Waals surface area contributed by atoms with Gasteiger partial charge in [0.05, 0.1) is 11.6 Å². The largest absolute Gasteiger partial charge is 0.261 e. The van der Waals surface area contributed by atoms with Gasteiger partial charge in [0.1, 0.15) is 5.03 Å². The van der Waals surface area contributed by atoms with E-state index in [2.05, 4.69) is 34.0 Å². The Balaban J connectivity index is 2.48. The summed E-state index contributed by atoms with van der Waals surface area (Å²) in [4.78, 5) is 8.90. The van der Waals surface area contributed by atoms with E-state index in [9.17, 15) is 0 Å². The molecule has 4 nitrogen and oxygen atoms in total. The summed E-state index contributed by atoms with van der Waals surface area (Å²) < 4.78 is 0. The van der Waals surface area contributed by atoms with E-state index in [0.29, 0.717) is 0 Å². The summed E-state index contributed by atoms with van der Waals surface area (Å²) in [6.45, 7) is 4.21. The SMILES string of the molecule is CCSc1nc(SCC)c2cn[nH]c2n1. The van der Waals surface area contributed by atoms with Crippen molar-refractivity contribution >= 4 is 34.6 Å². The van der Waals surface area contributed by atoms with Crippen LogP contribution < -0.4 is 0 Å². The van der Waals surface area contributed by atoms with Crippen LogP contribution in [0.3, 0.4) is 0 Å². The Hall–Kier alpha value is -0.750. The molecule has 6 heteroatoms. The summed E-state index contributed by atoms with van der Waals surface area (Å²) in [6.07, 6.45) is 1.79. The predicted molar refractivity (Wildman–Crippen MR) is 64.5 cm³/mol. The van der Waals surface area contributed by atoms with Crippen molar-refractivity contribution in [1.82, 2.24) is 20.2 Å². The molecule has 0 amide bonds. The van der Waals surface area contributed by atoms with Gasteiger partial charge in [0.15, 0.2) is 10.8 Å².